The summed E-state index contributed by atoms with van der Waals surface area (Å²) in [6.07, 6.45) is 1.59. The maximum absolute atomic E-state index is 12.6. The fourth-order valence-electron chi connectivity index (χ4n) is 2.51. The number of methoxy groups -OCH3 is 1. The van der Waals surface area contributed by atoms with Gasteiger partial charge in [-0.1, -0.05) is 18.2 Å². The average Bonchev–Trinajstić information content (AvgIpc) is 3.08. The number of para-hydroxylation sites is 1. The number of aromatic nitrogens is 1. The third-order valence-electron chi connectivity index (χ3n) is 3.53. The lowest BCUT2D eigenvalue weighted by molar-refractivity contribution is 0.0907. The highest BCUT2D eigenvalue weighted by molar-refractivity contribution is 6.07. The average molecular weight is 310 g/mol. The molecule has 0 aliphatic rings. The van der Waals surface area contributed by atoms with Crippen molar-refractivity contribution in [3.8, 4) is 11.5 Å². The molecule has 0 radical (unpaired) electrons. The van der Waals surface area contributed by atoms with Gasteiger partial charge < -0.3 is 14.5 Å². The van der Waals surface area contributed by atoms with Gasteiger partial charge >= 0.3 is 0 Å². The fourth-order valence-corrected chi connectivity index (χ4v) is 2.51. The molecule has 5 nitrogen and oxygen atoms in total. The Morgan fingerprint density at radius 3 is 2.87 bits per heavy atom. The molecule has 3 aromatic rings. The van der Waals surface area contributed by atoms with Crippen LogP contribution in [0.3, 0.4) is 0 Å². The Hall–Kier alpha value is -2.66. The van der Waals surface area contributed by atoms with Gasteiger partial charge in [0.15, 0.2) is 5.76 Å². The molecule has 0 saturated carbocycles. The number of nitrogens with one attached hydrogen (secondary N) is 1. The second kappa shape index (κ2) is 6.62. The molecular weight excluding hydrogens is 292 g/mol. The van der Waals surface area contributed by atoms with E-state index in [2.05, 4.69) is 10.3 Å². The van der Waals surface area contributed by atoms with E-state index < -0.39 is 0 Å². The van der Waals surface area contributed by atoms with Gasteiger partial charge in [-0.25, -0.2) is 4.98 Å². The van der Waals surface area contributed by atoms with Gasteiger partial charge in [-0.15, -0.1) is 0 Å². The lowest BCUT2D eigenvalue weighted by atomic mass is 10.1. The zero-order chi connectivity index (χ0) is 16.2. The van der Waals surface area contributed by atoms with Crippen LogP contribution in [0.5, 0.6) is 0 Å². The zero-order valence-electron chi connectivity index (χ0n) is 13.1. The standard InChI is InChI=1S/C18H18N2O3/c1-12(11-22-2)19-18(21)14-10-16(17-8-5-9-23-17)20-15-7-4-3-6-13(14)15/h3-10,12H,11H2,1-2H3,(H,19,21)/t12-/m1/s1. The molecule has 5 heteroatoms. The number of hydrogen-bond acceptors (Lipinski definition) is 4. The molecular formula is C18H18N2O3. The zero-order valence-corrected chi connectivity index (χ0v) is 13.1. The Bertz CT molecular complexity index is 812. The van der Waals surface area contributed by atoms with Crippen LogP contribution in [-0.4, -0.2) is 30.6 Å². The number of carbonyl (C=O) groups is 1. The van der Waals surface area contributed by atoms with Gasteiger partial charge in [-0.2, -0.15) is 0 Å². The number of nitrogens with zero attached hydrogens (tertiary/aromatic N) is 1. The molecule has 0 aliphatic carbocycles. The first-order valence-corrected chi connectivity index (χ1v) is 7.42. The molecule has 0 unspecified atom stereocenters. The number of fused-ring (bicyclic) bond motifs is 1. The van der Waals surface area contributed by atoms with Crippen molar-refractivity contribution in [3.05, 3.63) is 54.3 Å². The lowest BCUT2D eigenvalue weighted by Gasteiger charge is -2.14. The second-order valence-corrected chi connectivity index (χ2v) is 5.38. The maximum Gasteiger partial charge on any atom is 0.252 e. The number of hydrogen-bond donors (Lipinski definition) is 1. The molecule has 0 aliphatic heterocycles. The summed E-state index contributed by atoms with van der Waals surface area (Å²) in [7, 11) is 1.61. The summed E-state index contributed by atoms with van der Waals surface area (Å²) in [4.78, 5) is 17.2. The Morgan fingerprint density at radius 2 is 2.13 bits per heavy atom. The fraction of sp³-hybridized carbons (Fsp3) is 0.222. The minimum atomic E-state index is -0.152. The summed E-state index contributed by atoms with van der Waals surface area (Å²) < 4.78 is 10.5. The molecule has 0 spiro atoms. The van der Waals surface area contributed by atoms with Gasteiger partial charge in [-0.3, -0.25) is 4.79 Å². The number of rotatable bonds is 5. The monoisotopic (exact) mass is 310 g/mol. The molecule has 0 fully saturated rings. The van der Waals surface area contributed by atoms with Crippen LogP contribution in [0.15, 0.2) is 53.1 Å². The van der Waals surface area contributed by atoms with Gasteiger partial charge in [-0.05, 0) is 31.2 Å². The van der Waals surface area contributed by atoms with E-state index in [1.54, 1.807) is 25.5 Å². The van der Waals surface area contributed by atoms with Crippen LogP contribution < -0.4 is 5.32 Å². The van der Waals surface area contributed by atoms with Gasteiger partial charge in [0.2, 0.25) is 0 Å². The summed E-state index contributed by atoms with van der Waals surface area (Å²) in [6, 6.07) is 12.9. The normalized spacial score (nSPS) is 12.3. The van der Waals surface area contributed by atoms with Crippen LogP contribution in [0, 0.1) is 0 Å². The highest BCUT2D eigenvalue weighted by Crippen LogP contribution is 2.25. The minimum Gasteiger partial charge on any atom is -0.463 e. The Labute approximate surface area is 134 Å². The third-order valence-corrected chi connectivity index (χ3v) is 3.53. The van der Waals surface area contributed by atoms with Crippen LogP contribution in [-0.2, 0) is 4.74 Å². The van der Waals surface area contributed by atoms with Crippen LogP contribution in [0.2, 0.25) is 0 Å². The van der Waals surface area contributed by atoms with Crippen molar-refractivity contribution in [1.82, 2.24) is 10.3 Å². The molecule has 1 atom stereocenters. The largest absolute Gasteiger partial charge is 0.463 e. The molecule has 2 aromatic heterocycles. The van der Waals surface area contributed by atoms with E-state index in [0.717, 1.165) is 10.9 Å². The first-order chi connectivity index (χ1) is 11.2. The van der Waals surface area contributed by atoms with E-state index in [-0.39, 0.29) is 11.9 Å². The van der Waals surface area contributed by atoms with Crippen molar-refractivity contribution in [2.45, 2.75) is 13.0 Å². The van der Waals surface area contributed by atoms with Crippen molar-refractivity contribution >= 4 is 16.8 Å². The number of furan rings is 1. The number of amides is 1. The Kier molecular flexibility index (Phi) is 4.39. The highest BCUT2D eigenvalue weighted by atomic mass is 16.5. The highest BCUT2D eigenvalue weighted by Gasteiger charge is 2.16. The predicted molar refractivity (Wildman–Crippen MR) is 88.2 cm³/mol. The van der Waals surface area contributed by atoms with Crippen LogP contribution in [0.4, 0.5) is 0 Å². The number of carbonyl (C=O) groups excluding carboxylic acids is 1. The van der Waals surface area contributed by atoms with Crippen LogP contribution in [0.1, 0.15) is 17.3 Å². The van der Waals surface area contributed by atoms with E-state index >= 15 is 0 Å². The van der Waals surface area contributed by atoms with Crippen molar-refractivity contribution in [2.24, 2.45) is 0 Å². The summed E-state index contributed by atoms with van der Waals surface area (Å²) >= 11 is 0. The molecule has 1 amide bonds. The second-order valence-electron chi connectivity index (χ2n) is 5.38. The summed E-state index contributed by atoms with van der Waals surface area (Å²) in [5.41, 5.74) is 1.97. The van der Waals surface area contributed by atoms with E-state index in [4.69, 9.17) is 9.15 Å². The topological polar surface area (TPSA) is 64.4 Å². The molecule has 23 heavy (non-hydrogen) atoms. The first-order valence-electron chi connectivity index (χ1n) is 7.42. The smallest absolute Gasteiger partial charge is 0.252 e. The van der Waals surface area contributed by atoms with Crippen molar-refractivity contribution in [2.75, 3.05) is 13.7 Å². The quantitative estimate of drug-likeness (QED) is 0.785. The molecule has 3 rings (SSSR count). The van der Waals surface area contributed by atoms with Crippen molar-refractivity contribution in [3.63, 3.8) is 0 Å². The number of pyridine rings is 1. The summed E-state index contributed by atoms with van der Waals surface area (Å²) in [5, 5.41) is 3.75. The van der Waals surface area contributed by atoms with Gasteiger partial charge in [0.25, 0.3) is 5.91 Å². The van der Waals surface area contributed by atoms with E-state index in [1.807, 2.05) is 37.3 Å². The van der Waals surface area contributed by atoms with E-state index in [0.29, 0.717) is 23.6 Å². The van der Waals surface area contributed by atoms with Crippen LogP contribution in [0.25, 0.3) is 22.4 Å². The predicted octanol–water partition coefficient (Wildman–Crippen LogP) is 3.26. The number of benzene rings is 1. The Morgan fingerprint density at radius 1 is 1.30 bits per heavy atom. The van der Waals surface area contributed by atoms with Crippen molar-refractivity contribution in [1.29, 1.82) is 0 Å². The van der Waals surface area contributed by atoms with Gasteiger partial charge in [0, 0.05) is 18.5 Å². The minimum absolute atomic E-state index is 0.0773. The Balaban J connectivity index is 2.05. The molecule has 1 N–H and O–H groups in total. The van der Waals surface area contributed by atoms with Crippen molar-refractivity contribution < 1.29 is 13.9 Å². The summed E-state index contributed by atoms with van der Waals surface area (Å²) in [5.74, 6) is 0.482. The molecule has 2 heterocycles. The summed E-state index contributed by atoms with van der Waals surface area (Å²) in [6.45, 7) is 2.36. The number of ether oxygens (including phenoxy) is 1. The molecule has 0 saturated heterocycles. The third kappa shape index (κ3) is 3.24. The molecule has 1 aromatic carbocycles. The molecule has 118 valence electrons. The van der Waals surface area contributed by atoms with Crippen LogP contribution >= 0.6 is 0 Å². The van der Waals surface area contributed by atoms with E-state index in [9.17, 15) is 4.79 Å². The SMILES string of the molecule is COC[C@@H](C)NC(=O)c1cc(-c2ccco2)nc2ccccc12. The van der Waals surface area contributed by atoms with Gasteiger partial charge in [0.05, 0.1) is 24.0 Å². The lowest BCUT2D eigenvalue weighted by Crippen LogP contribution is -2.35. The molecule has 0 bridgehead atoms. The van der Waals surface area contributed by atoms with Gasteiger partial charge in [0.1, 0.15) is 5.69 Å². The maximum atomic E-state index is 12.6. The van der Waals surface area contributed by atoms with E-state index in [1.165, 1.54) is 0 Å². The first kappa shape index (κ1) is 15.2.